The lowest BCUT2D eigenvalue weighted by atomic mass is 10.1. The Morgan fingerprint density at radius 3 is 2.42 bits per heavy atom. The van der Waals surface area contributed by atoms with Crippen LogP contribution in [0.25, 0.3) is 0 Å². The highest BCUT2D eigenvalue weighted by atomic mass is 35.5. The average molecular weight is 365 g/mol. The monoisotopic (exact) mass is 364 g/mol. The number of rotatable bonds is 6. The molecule has 0 unspecified atom stereocenters. The zero-order valence-corrected chi connectivity index (χ0v) is 14.3. The summed E-state index contributed by atoms with van der Waals surface area (Å²) in [6.45, 7) is 0.169. The number of carbonyl (C=O) groups is 1. The van der Waals surface area contributed by atoms with E-state index in [0.717, 1.165) is 11.3 Å². The average Bonchev–Trinajstić information content (AvgIpc) is 2.53. The molecule has 2 rings (SSSR count). The lowest BCUT2D eigenvalue weighted by Gasteiger charge is -2.12. The highest BCUT2D eigenvalue weighted by Crippen LogP contribution is 2.35. The van der Waals surface area contributed by atoms with Crippen LogP contribution in [0.2, 0.25) is 10.0 Å². The molecule has 24 heavy (non-hydrogen) atoms. The van der Waals surface area contributed by atoms with Crippen LogP contribution in [0.4, 0.5) is 5.69 Å². The van der Waals surface area contributed by atoms with Crippen LogP contribution in [0.3, 0.4) is 0 Å². The molecule has 0 amide bonds. The van der Waals surface area contributed by atoms with Crippen LogP contribution in [0.1, 0.15) is 16.7 Å². The van der Waals surface area contributed by atoms with Crippen molar-refractivity contribution in [2.45, 2.75) is 13.0 Å². The van der Waals surface area contributed by atoms with Crippen molar-refractivity contribution in [3.8, 4) is 11.8 Å². The van der Waals surface area contributed by atoms with Crippen molar-refractivity contribution in [2.75, 3.05) is 12.4 Å². The van der Waals surface area contributed by atoms with Gasteiger partial charge in [0.05, 0.1) is 28.1 Å². The number of carboxylic acids is 1. The fourth-order valence-electron chi connectivity index (χ4n) is 2.17. The fourth-order valence-corrected chi connectivity index (χ4v) is 2.81. The summed E-state index contributed by atoms with van der Waals surface area (Å²) in [5.41, 5.74) is 2.57. The van der Waals surface area contributed by atoms with Crippen molar-refractivity contribution < 1.29 is 14.6 Å². The smallest absolute Gasteiger partial charge is 0.307 e. The maximum atomic E-state index is 10.8. The number of nitrogens with one attached hydrogen (secondary N) is 1. The van der Waals surface area contributed by atoms with E-state index in [0.29, 0.717) is 11.1 Å². The first-order valence-corrected chi connectivity index (χ1v) is 7.73. The maximum Gasteiger partial charge on any atom is 0.307 e. The van der Waals surface area contributed by atoms with Gasteiger partial charge in [-0.15, -0.1) is 0 Å². The first-order valence-electron chi connectivity index (χ1n) is 6.97. The van der Waals surface area contributed by atoms with Gasteiger partial charge in [0.2, 0.25) is 0 Å². The van der Waals surface area contributed by atoms with Gasteiger partial charge in [-0.05, 0) is 41.5 Å². The van der Waals surface area contributed by atoms with Gasteiger partial charge < -0.3 is 15.2 Å². The maximum absolute atomic E-state index is 10.8. The summed E-state index contributed by atoms with van der Waals surface area (Å²) in [6, 6.07) is 10.4. The second-order valence-corrected chi connectivity index (χ2v) is 5.84. The summed E-state index contributed by atoms with van der Waals surface area (Å²) in [5, 5.41) is 21.3. The molecule has 0 saturated carbocycles. The summed E-state index contributed by atoms with van der Waals surface area (Å²) in [7, 11) is 1.76. The van der Waals surface area contributed by atoms with Crippen LogP contribution >= 0.6 is 23.2 Å². The van der Waals surface area contributed by atoms with Crippen LogP contribution in [0, 0.1) is 11.3 Å². The van der Waals surface area contributed by atoms with Crippen molar-refractivity contribution in [2.24, 2.45) is 0 Å². The highest BCUT2D eigenvalue weighted by Gasteiger charge is 2.12. The van der Waals surface area contributed by atoms with Gasteiger partial charge >= 0.3 is 5.97 Å². The van der Waals surface area contributed by atoms with Crippen molar-refractivity contribution in [1.82, 2.24) is 0 Å². The molecule has 0 aliphatic heterocycles. The summed E-state index contributed by atoms with van der Waals surface area (Å²) < 4.78 is 5.66. The SMILES string of the molecule is CNc1cc(C#N)cc(COc2c(Cl)cc(CC(=O)O)cc2Cl)c1. The molecule has 0 aliphatic rings. The molecule has 0 saturated heterocycles. The zero-order chi connectivity index (χ0) is 17.7. The molecule has 0 bridgehead atoms. The molecule has 0 atom stereocenters. The molecule has 2 N–H and O–H groups in total. The number of hydrogen-bond acceptors (Lipinski definition) is 4. The van der Waals surface area contributed by atoms with Crippen LogP contribution in [-0.2, 0) is 17.8 Å². The van der Waals surface area contributed by atoms with Crippen molar-refractivity contribution in [3.63, 3.8) is 0 Å². The van der Waals surface area contributed by atoms with E-state index < -0.39 is 5.97 Å². The van der Waals surface area contributed by atoms with Gasteiger partial charge in [0.15, 0.2) is 5.75 Å². The third-order valence-electron chi connectivity index (χ3n) is 3.21. The molecule has 0 heterocycles. The summed E-state index contributed by atoms with van der Waals surface area (Å²) in [4.78, 5) is 10.8. The number of anilines is 1. The first-order chi connectivity index (χ1) is 11.4. The summed E-state index contributed by atoms with van der Waals surface area (Å²) in [5.74, 6) is -0.690. The van der Waals surface area contributed by atoms with Gasteiger partial charge in [-0.1, -0.05) is 23.2 Å². The Labute approximate surface area is 149 Å². The zero-order valence-electron chi connectivity index (χ0n) is 12.8. The van der Waals surface area contributed by atoms with Crippen molar-refractivity contribution >= 4 is 34.9 Å². The van der Waals surface area contributed by atoms with E-state index in [4.69, 9.17) is 38.3 Å². The van der Waals surface area contributed by atoms with Crippen LogP contribution in [0.15, 0.2) is 30.3 Å². The number of ether oxygens (including phenoxy) is 1. The van der Waals surface area contributed by atoms with E-state index in [2.05, 4.69) is 11.4 Å². The molecule has 0 spiro atoms. The normalized spacial score (nSPS) is 10.1. The van der Waals surface area contributed by atoms with Crippen LogP contribution in [-0.4, -0.2) is 18.1 Å². The van der Waals surface area contributed by atoms with E-state index in [-0.39, 0.29) is 28.8 Å². The summed E-state index contributed by atoms with van der Waals surface area (Å²) >= 11 is 12.3. The van der Waals surface area contributed by atoms with E-state index in [1.54, 1.807) is 19.2 Å². The number of benzene rings is 2. The predicted octanol–water partition coefficient (Wildman–Crippen LogP) is 4.11. The Morgan fingerprint density at radius 1 is 1.21 bits per heavy atom. The molecule has 2 aromatic rings. The fraction of sp³-hybridized carbons (Fsp3) is 0.176. The Hall–Kier alpha value is -2.42. The van der Waals surface area contributed by atoms with Gasteiger partial charge in [-0.3, -0.25) is 4.79 Å². The molecule has 0 radical (unpaired) electrons. The van der Waals surface area contributed by atoms with Crippen molar-refractivity contribution in [3.05, 3.63) is 57.1 Å². The molecule has 0 aliphatic carbocycles. The third kappa shape index (κ3) is 4.54. The molecule has 0 aromatic heterocycles. The number of halogens is 2. The second kappa shape index (κ2) is 7.91. The number of nitriles is 1. The van der Waals surface area contributed by atoms with Gasteiger partial charge in [0.1, 0.15) is 6.61 Å². The molecule has 7 heteroatoms. The minimum Gasteiger partial charge on any atom is -0.486 e. The van der Waals surface area contributed by atoms with Gasteiger partial charge in [-0.25, -0.2) is 0 Å². The predicted molar refractivity (Wildman–Crippen MR) is 92.8 cm³/mol. The first kappa shape index (κ1) is 17.9. The molecule has 5 nitrogen and oxygen atoms in total. The molecular formula is C17H14Cl2N2O3. The van der Waals surface area contributed by atoms with E-state index in [1.165, 1.54) is 12.1 Å². The van der Waals surface area contributed by atoms with E-state index in [9.17, 15) is 4.79 Å². The van der Waals surface area contributed by atoms with Crippen molar-refractivity contribution in [1.29, 1.82) is 5.26 Å². The molecule has 0 fully saturated rings. The Morgan fingerprint density at radius 2 is 1.88 bits per heavy atom. The molecule has 2 aromatic carbocycles. The number of carboxylic acid groups (broad SMARTS) is 1. The van der Waals surface area contributed by atoms with Crippen LogP contribution in [0.5, 0.6) is 5.75 Å². The lowest BCUT2D eigenvalue weighted by Crippen LogP contribution is -2.02. The topological polar surface area (TPSA) is 82.3 Å². The third-order valence-corrected chi connectivity index (χ3v) is 3.77. The van der Waals surface area contributed by atoms with E-state index in [1.807, 2.05) is 6.07 Å². The number of aliphatic carboxylic acids is 1. The Kier molecular flexibility index (Phi) is 5.91. The van der Waals surface area contributed by atoms with Gasteiger partial charge in [0, 0.05) is 12.7 Å². The lowest BCUT2D eigenvalue weighted by molar-refractivity contribution is -0.136. The quantitative estimate of drug-likeness (QED) is 0.805. The summed E-state index contributed by atoms with van der Waals surface area (Å²) in [6.07, 6.45) is -0.171. The second-order valence-electron chi connectivity index (χ2n) is 5.03. The largest absolute Gasteiger partial charge is 0.486 e. The van der Waals surface area contributed by atoms with E-state index >= 15 is 0 Å². The van der Waals surface area contributed by atoms with Gasteiger partial charge in [-0.2, -0.15) is 5.26 Å². The van der Waals surface area contributed by atoms with Crippen LogP contribution < -0.4 is 10.1 Å². The minimum atomic E-state index is -0.969. The highest BCUT2D eigenvalue weighted by molar-refractivity contribution is 6.37. The Bertz CT molecular complexity index is 793. The minimum absolute atomic E-state index is 0.169. The standard InChI is InChI=1S/C17H14Cl2N2O3/c1-21-13-3-11(8-20)2-12(4-13)9-24-17-14(18)5-10(6-15(17)19)7-16(22)23/h2-6,21H,7,9H2,1H3,(H,22,23). The van der Waals surface area contributed by atoms with Gasteiger partial charge in [0.25, 0.3) is 0 Å². The Balaban J connectivity index is 2.20. The molecular weight excluding hydrogens is 351 g/mol. The molecule has 124 valence electrons. The number of hydrogen-bond donors (Lipinski definition) is 2. The number of nitrogens with zero attached hydrogens (tertiary/aromatic N) is 1.